The SMILES string of the molecule is CC(C)Oc1cncc(-c2ncnc(Cl)c2C=O)c1. The maximum atomic E-state index is 11.1. The van der Waals surface area contributed by atoms with Gasteiger partial charge in [0.25, 0.3) is 0 Å². The van der Waals surface area contributed by atoms with Gasteiger partial charge in [0, 0.05) is 11.8 Å². The summed E-state index contributed by atoms with van der Waals surface area (Å²) in [7, 11) is 0. The summed E-state index contributed by atoms with van der Waals surface area (Å²) in [6.45, 7) is 3.84. The Morgan fingerprint density at radius 2 is 2.11 bits per heavy atom. The number of pyridine rings is 1. The highest BCUT2D eigenvalue weighted by molar-refractivity contribution is 6.32. The van der Waals surface area contributed by atoms with Gasteiger partial charge in [-0.15, -0.1) is 0 Å². The Hall–Kier alpha value is -2.01. The van der Waals surface area contributed by atoms with Gasteiger partial charge in [-0.25, -0.2) is 9.97 Å². The third-order valence-corrected chi connectivity index (χ3v) is 2.61. The number of hydrogen-bond acceptors (Lipinski definition) is 5. The summed E-state index contributed by atoms with van der Waals surface area (Å²) in [4.78, 5) is 23.0. The molecule has 2 heterocycles. The highest BCUT2D eigenvalue weighted by Crippen LogP contribution is 2.26. The summed E-state index contributed by atoms with van der Waals surface area (Å²) in [5, 5.41) is 0.121. The second-order valence-corrected chi connectivity index (χ2v) is 4.48. The van der Waals surface area contributed by atoms with Crippen LogP contribution in [-0.2, 0) is 0 Å². The predicted octanol–water partition coefficient (Wildman–Crippen LogP) is 2.79. The third-order valence-electron chi connectivity index (χ3n) is 2.31. The van der Waals surface area contributed by atoms with Gasteiger partial charge >= 0.3 is 0 Å². The van der Waals surface area contributed by atoms with Gasteiger partial charge in [-0.1, -0.05) is 11.6 Å². The lowest BCUT2D eigenvalue weighted by Gasteiger charge is -2.10. The van der Waals surface area contributed by atoms with Crippen LogP contribution >= 0.6 is 11.6 Å². The van der Waals surface area contributed by atoms with E-state index in [0.29, 0.717) is 23.3 Å². The zero-order chi connectivity index (χ0) is 13.8. The van der Waals surface area contributed by atoms with Gasteiger partial charge in [-0.3, -0.25) is 9.78 Å². The van der Waals surface area contributed by atoms with Crippen LogP contribution in [0.25, 0.3) is 11.3 Å². The Morgan fingerprint density at radius 3 is 2.79 bits per heavy atom. The highest BCUT2D eigenvalue weighted by Gasteiger charge is 2.12. The van der Waals surface area contributed by atoms with Gasteiger partial charge in [-0.05, 0) is 19.9 Å². The fourth-order valence-electron chi connectivity index (χ4n) is 1.59. The number of carbonyl (C=O) groups excluding carboxylic acids is 1. The molecule has 0 aliphatic heterocycles. The number of rotatable bonds is 4. The van der Waals surface area contributed by atoms with E-state index in [1.54, 1.807) is 18.5 Å². The highest BCUT2D eigenvalue weighted by atomic mass is 35.5. The molecule has 0 amide bonds. The van der Waals surface area contributed by atoms with Gasteiger partial charge in [0.15, 0.2) is 6.29 Å². The summed E-state index contributed by atoms with van der Waals surface area (Å²) in [6, 6.07) is 1.76. The number of carbonyl (C=O) groups is 1. The van der Waals surface area contributed by atoms with Gasteiger partial charge < -0.3 is 4.74 Å². The lowest BCUT2D eigenvalue weighted by Crippen LogP contribution is -2.06. The first-order valence-corrected chi connectivity index (χ1v) is 6.07. The smallest absolute Gasteiger partial charge is 0.155 e. The summed E-state index contributed by atoms with van der Waals surface area (Å²) in [5.41, 5.74) is 1.34. The normalized spacial score (nSPS) is 10.5. The van der Waals surface area contributed by atoms with E-state index in [1.807, 2.05) is 13.8 Å². The van der Waals surface area contributed by atoms with Crippen LogP contribution in [0, 0.1) is 0 Å². The summed E-state index contributed by atoms with van der Waals surface area (Å²) < 4.78 is 5.55. The minimum atomic E-state index is 0.0385. The topological polar surface area (TPSA) is 65.0 Å². The quantitative estimate of drug-likeness (QED) is 0.635. The number of halogens is 1. The van der Waals surface area contributed by atoms with Crippen LogP contribution < -0.4 is 4.74 Å². The lowest BCUT2D eigenvalue weighted by molar-refractivity contribution is 0.112. The molecule has 2 rings (SSSR count). The third kappa shape index (κ3) is 3.06. The van der Waals surface area contributed by atoms with E-state index >= 15 is 0 Å². The van der Waals surface area contributed by atoms with Crippen LogP contribution in [0.4, 0.5) is 0 Å². The lowest BCUT2D eigenvalue weighted by atomic mass is 10.1. The number of nitrogens with zero attached hydrogens (tertiary/aromatic N) is 3. The van der Waals surface area contributed by atoms with E-state index in [2.05, 4.69) is 15.0 Å². The molecule has 5 nitrogen and oxygen atoms in total. The molecule has 6 heteroatoms. The van der Waals surface area contributed by atoms with E-state index < -0.39 is 0 Å². The molecule has 0 spiro atoms. The minimum Gasteiger partial charge on any atom is -0.489 e. The Balaban J connectivity index is 2.47. The van der Waals surface area contributed by atoms with Gasteiger partial charge in [0.05, 0.1) is 23.6 Å². The molecule has 98 valence electrons. The van der Waals surface area contributed by atoms with Crippen LogP contribution in [-0.4, -0.2) is 27.3 Å². The van der Waals surface area contributed by atoms with Crippen molar-refractivity contribution >= 4 is 17.9 Å². The zero-order valence-electron chi connectivity index (χ0n) is 10.5. The van der Waals surface area contributed by atoms with E-state index in [4.69, 9.17) is 16.3 Å². The fourth-order valence-corrected chi connectivity index (χ4v) is 1.77. The van der Waals surface area contributed by atoms with Gasteiger partial charge in [0.2, 0.25) is 0 Å². The fraction of sp³-hybridized carbons (Fsp3) is 0.231. The number of aldehydes is 1. The van der Waals surface area contributed by atoms with E-state index in [-0.39, 0.29) is 16.8 Å². The first-order valence-electron chi connectivity index (χ1n) is 5.69. The Bertz CT molecular complexity index is 602. The van der Waals surface area contributed by atoms with Crippen molar-refractivity contribution in [1.29, 1.82) is 0 Å². The maximum absolute atomic E-state index is 11.1. The molecule has 0 radical (unpaired) electrons. The molecule has 0 atom stereocenters. The first-order chi connectivity index (χ1) is 9.11. The zero-order valence-corrected chi connectivity index (χ0v) is 11.3. The Kier molecular flexibility index (Phi) is 4.06. The van der Waals surface area contributed by atoms with Gasteiger partial charge in [-0.2, -0.15) is 0 Å². The molecule has 0 aromatic carbocycles. The minimum absolute atomic E-state index is 0.0385. The van der Waals surface area contributed by atoms with Crippen molar-refractivity contribution in [2.75, 3.05) is 0 Å². The number of hydrogen-bond donors (Lipinski definition) is 0. The maximum Gasteiger partial charge on any atom is 0.155 e. The van der Waals surface area contributed by atoms with Crippen molar-refractivity contribution in [2.45, 2.75) is 20.0 Å². The second-order valence-electron chi connectivity index (χ2n) is 4.12. The molecule has 2 aromatic heterocycles. The van der Waals surface area contributed by atoms with Crippen molar-refractivity contribution in [1.82, 2.24) is 15.0 Å². The summed E-state index contributed by atoms with van der Waals surface area (Å²) in [6.07, 6.45) is 5.18. The van der Waals surface area contributed by atoms with Crippen molar-refractivity contribution in [2.24, 2.45) is 0 Å². The summed E-state index contributed by atoms with van der Waals surface area (Å²) in [5.74, 6) is 0.610. The van der Waals surface area contributed by atoms with Crippen molar-refractivity contribution < 1.29 is 9.53 Å². The molecule has 0 unspecified atom stereocenters. The summed E-state index contributed by atoms with van der Waals surface area (Å²) >= 11 is 5.87. The molecule has 0 saturated heterocycles. The molecule has 0 saturated carbocycles. The molecular formula is C13H12ClN3O2. The number of aromatic nitrogens is 3. The molecule has 0 aliphatic carbocycles. The van der Waals surface area contributed by atoms with Crippen LogP contribution in [0.5, 0.6) is 5.75 Å². The molecular weight excluding hydrogens is 266 g/mol. The Labute approximate surface area is 115 Å². The molecule has 2 aromatic rings. The molecule has 0 aliphatic rings. The van der Waals surface area contributed by atoms with Crippen molar-refractivity contribution in [3.05, 3.63) is 35.5 Å². The molecule has 0 fully saturated rings. The first kappa shape index (κ1) is 13.4. The average Bonchev–Trinajstić information content (AvgIpc) is 2.38. The second kappa shape index (κ2) is 5.75. The van der Waals surface area contributed by atoms with Crippen LogP contribution in [0.3, 0.4) is 0 Å². The van der Waals surface area contributed by atoms with E-state index in [9.17, 15) is 4.79 Å². The molecule has 0 bridgehead atoms. The van der Waals surface area contributed by atoms with Crippen molar-refractivity contribution in [3.8, 4) is 17.0 Å². The van der Waals surface area contributed by atoms with Crippen LogP contribution in [0.1, 0.15) is 24.2 Å². The monoisotopic (exact) mass is 277 g/mol. The van der Waals surface area contributed by atoms with Crippen molar-refractivity contribution in [3.63, 3.8) is 0 Å². The average molecular weight is 278 g/mol. The predicted molar refractivity (Wildman–Crippen MR) is 71.4 cm³/mol. The van der Waals surface area contributed by atoms with Crippen LogP contribution in [0.15, 0.2) is 24.8 Å². The van der Waals surface area contributed by atoms with Crippen LogP contribution in [0.2, 0.25) is 5.15 Å². The van der Waals surface area contributed by atoms with E-state index in [0.717, 1.165) is 0 Å². The van der Waals surface area contributed by atoms with E-state index in [1.165, 1.54) is 6.33 Å². The molecule has 0 N–H and O–H groups in total. The standard InChI is InChI=1S/C13H12ClN3O2/c1-8(2)19-10-3-9(4-15-5-10)12-11(6-18)13(14)17-7-16-12/h3-8H,1-2H3. The molecule has 19 heavy (non-hydrogen) atoms. The van der Waals surface area contributed by atoms with Gasteiger partial charge in [0.1, 0.15) is 17.2 Å². The Morgan fingerprint density at radius 1 is 1.32 bits per heavy atom. The number of ether oxygens (including phenoxy) is 1. The largest absolute Gasteiger partial charge is 0.489 e.